The van der Waals surface area contributed by atoms with Crippen molar-refractivity contribution in [3.05, 3.63) is 24.2 Å². The summed E-state index contributed by atoms with van der Waals surface area (Å²) in [5, 5.41) is 9.89. The van der Waals surface area contributed by atoms with E-state index in [1.54, 1.807) is 0 Å². The molecule has 0 aliphatic carbocycles. The minimum absolute atomic E-state index is 0. The Balaban J connectivity index is 0.000000640. The average Bonchev–Trinajstić information content (AvgIpc) is 2.12. The van der Waals surface area contributed by atoms with Crippen molar-refractivity contribution in [1.82, 2.24) is 0 Å². The predicted molar refractivity (Wildman–Crippen MR) is 23.0 cm³/mol. The Morgan fingerprint density at radius 3 is 2.56 bits per heavy atom. The number of hydrogen-bond acceptors (Lipinski definition) is 3. The van der Waals surface area contributed by atoms with Gasteiger partial charge in [-0.3, -0.25) is 0 Å². The van der Waals surface area contributed by atoms with Gasteiger partial charge in [-0.15, -0.1) is 0 Å². The fourth-order valence-electron chi connectivity index (χ4n) is 0.381. The molecule has 0 bridgehead atoms. The van der Waals surface area contributed by atoms with Gasteiger partial charge in [0.05, 0.1) is 18.5 Å². The molecule has 0 unspecified atom stereocenters. The molecule has 0 saturated carbocycles. The van der Waals surface area contributed by atoms with Crippen molar-refractivity contribution in [2.75, 3.05) is 0 Å². The number of carbonyl (C=O) groups is 1. The SMILES string of the molecule is O=C([O-])c1ccoc1.[K+]. The molecular weight excluding hydrogens is 147 g/mol. The summed E-state index contributed by atoms with van der Waals surface area (Å²) in [6, 6.07) is 1.33. The molecule has 1 rings (SSSR count). The van der Waals surface area contributed by atoms with E-state index in [9.17, 15) is 9.90 Å². The van der Waals surface area contributed by atoms with Crippen LogP contribution in [0.5, 0.6) is 0 Å². The van der Waals surface area contributed by atoms with Crippen LogP contribution < -0.4 is 56.5 Å². The van der Waals surface area contributed by atoms with E-state index in [-0.39, 0.29) is 56.9 Å². The molecule has 0 aromatic carbocycles. The van der Waals surface area contributed by atoms with Crippen LogP contribution in [0.25, 0.3) is 0 Å². The van der Waals surface area contributed by atoms with E-state index in [4.69, 9.17) is 0 Å². The first-order chi connectivity index (χ1) is 3.80. The second kappa shape index (κ2) is 4.24. The molecule has 0 aliphatic heterocycles. The molecule has 0 saturated heterocycles. The fraction of sp³-hybridized carbons (Fsp3) is 0. The molecule has 0 aliphatic rings. The zero-order valence-electron chi connectivity index (χ0n) is 4.96. The van der Waals surface area contributed by atoms with Crippen molar-refractivity contribution < 1.29 is 65.7 Å². The Labute approximate surface area is 94.5 Å². The molecule has 0 amide bonds. The Bertz CT molecular complexity index is 180. The molecular formula is C5H3KO3. The van der Waals surface area contributed by atoms with Crippen LogP contribution in [0, 0.1) is 0 Å². The van der Waals surface area contributed by atoms with Gasteiger partial charge in [0.15, 0.2) is 0 Å². The third-order valence-corrected chi connectivity index (χ3v) is 0.757. The molecule has 42 valence electrons. The monoisotopic (exact) mass is 150 g/mol. The van der Waals surface area contributed by atoms with Crippen molar-refractivity contribution in [3.8, 4) is 0 Å². The van der Waals surface area contributed by atoms with E-state index in [0.29, 0.717) is 0 Å². The number of carbonyl (C=O) groups excluding carboxylic acids is 1. The van der Waals surface area contributed by atoms with E-state index in [2.05, 4.69) is 4.42 Å². The summed E-state index contributed by atoms with van der Waals surface area (Å²) in [7, 11) is 0. The predicted octanol–water partition coefficient (Wildman–Crippen LogP) is -3.35. The van der Waals surface area contributed by atoms with Crippen molar-refractivity contribution in [3.63, 3.8) is 0 Å². The van der Waals surface area contributed by atoms with Gasteiger partial charge in [-0.1, -0.05) is 0 Å². The maximum atomic E-state index is 9.89. The van der Waals surface area contributed by atoms with Crippen LogP contribution >= 0.6 is 0 Å². The fourth-order valence-corrected chi connectivity index (χ4v) is 0.381. The molecule has 0 fully saturated rings. The standard InChI is InChI=1S/C5H4O3.K/c6-5(7)4-1-2-8-3-4;/h1-3H,(H,6,7);/q;+1/p-1. The molecule has 0 atom stereocenters. The number of carboxylic acid groups (broad SMARTS) is 1. The van der Waals surface area contributed by atoms with E-state index < -0.39 is 5.97 Å². The summed E-state index contributed by atoms with van der Waals surface area (Å²) in [6.07, 6.45) is 2.40. The van der Waals surface area contributed by atoms with Gasteiger partial charge in [0, 0.05) is 5.56 Å². The zero-order valence-corrected chi connectivity index (χ0v) is 8.08. The van der Waals surface area contributed by atoms with Crippen LogP contribution in [-0.2, 0) is 0 Å². The largest absolute Gasteiger partial charge is 1.00 e. The van der Waals surface area contributed by atoms with Gasteiger partial charge in [0.2, 0.25) is 0 Å². The second-order valence-electron chi connectivity index (χ2n) is 1.30. The van der Waals surface area contributed by atoms with Gasteiger partial charge < -0.3 is 14.3 Å². The van der Waals surface area contributed by atoms with E-state index in [0.717, 1.165) is 6.26 Å². The van der Waals surface area contributed by atoms with Crippen molar-refractivity contribution in [2.24, 2.45) is 0 Å². The normalized spacial score (nSPS) is 8.00. The quantitative estimate of drug-likeness (QED) is 0.393. The van der Waals surface area contributed by atoms with Crippen LogP contribution in [0.1, 0.15) is 10.4 Å². The minimum Gasteiger partial charge on any atom is -0.545 e. The summed E-state index contributed by atoms with van der Waals surface area (Å²) < 4.78 is 4.45. The van der Waals surface area contributed by atoms with Gasteiger partial charge in [-0.2, -0.15) is 0 Å². The topological polar surface area (TPSA) is 53.3 Å². The first kappa shape index (κ1) is 9.39. The van der Waals surface area contributed by atoms with Gasteiger partial charge in [-0.05, 0) is 6.07 Å². The number of furan rings is 1. The molecule has 0 spiro atoms. The maximum absolute atomic E-state index is 9.89. The summed E-state index contributed by atoms with van der Waals surface area (Å²) in [5.41, 5.74) is 0.0741. The number of rotatable bonds is 1. The van der Waals surface area contributed by atoms with Crippen LogP contribution in [0.15, 0.2) is 23.0 Å². The van der Waals surface area contributed by atoms with Crippen molar-refractivity contribution in [2.45, 2.75) is 0 Å². The van der Waals surface area contributed by atoms with Crippen LogP contribution in [-0.4, -0.2) is 5.97 Å². The molecule has 3 nitrogen and oxygen atoms in total. The molecule has 4 heteroatoms. The third kappa shape index (κ3) is 2.64. The minimum atomic E-state index is -1.21. The van der Waals surface area contributed by atoms with Crippen molar-refractivity contribution in [1.29, 1.82) is 0 Å². The Hall–Kier alpha value is 0.386. The number of carboxylic acids is 1. The summed E-state index contributed by atoms with van der Waals surface area (Å²) in [4.78, 5) is 9.89. The smallest absolute Gasteiger partial charge is 0.545 e. The molecule has 1 aromatic rings. The molecule has 1 heterocycles. The van der Waals surface area contributed by atoms with Gasteiger partial charge in [0.25, 0.3) is 0 Å². The molecule has 0 N–H and O–H groups in total. The molecule has 1 aromatic heterocycles. The first-order valence-electron chi connectivity index (χ1n) is 2.04. The zero-order chi connectivity index (χ0) is 5.98. The first-order valence-corrected chi connectivity index (χ1v) is 2.04. The van der Waals surface area contributed by atoms with E-state index >= 15 is 0 Å². The molecule has 9 heavy (non-hydrogen) atoms. The Morgan fingerprint density at radius 1 is 1.67 bits per heavy atom. The molecule has 0 radical (unpaired) electrons. The Kier molecular flexibility index (Phi) is 4.42. The number of hydrogen-bond donors (Lipinski definition) is 0. The Morgan fingerprint density at radius 2 is 2.33 bits per heavy atom. The summed E-state index contributed by atoms with van der Waals surface area (Å²) in [5.74, 6) is -1.21. The van der Waals surface area contributed by atoms with Crippen LogP contribution in [0.3, 0.4) is 0 Å². The van der Waals surface area contributed by atoms with E-state index in [1.165, 1.54) is 12.3 Å². The van der Waals surface area contributed by atoms with Crippen molar-refractivity contribution >= 4 is 5.97 Å². The van der Waals surface area contributed by atoms with Gasteiger partial charge in [0.1, 0.15) is 0 Å². The third-order valence-electron chi connectivity index (χ3n) is 0.757. The van der Waals surface area contributed by atoms with E-state index in [1.807, 2.05) is 0 Å². The average molecular weight is 150 g/mol. The summed E-state index contributed by atoms with van der Waals surface area (Å²) in [6.45, 7) is 0. The summed E-state index contributed by atoms with van der Waals surface area (Å²) >= 11 is 0. The van der Waals surface area contributed by atoms with Crippen LogP contribution in [0.4, 0.5) is 0 Å². The van der Waals surface area contributed by atoms with Gasteiger partial charge in [-0.25, -0.2) is 0 Å². The van der Waals surface area contributed by atoms with Gasteiger partial charge >= 0.3 is 51.4 Å². The second-order valence-corrected chi connectivity index (χ2v) is 1.30. The number of aromatic carboxylic acids is 1. The van der Waals surface area contributed by atoms with Crippen LogP contribution in [0.2, 0.25) is 0 Å². The maximum Gasteiger partial charge on any atom is 1.00 e.